The Balaban J connectivity index is 2.25. The summed E-state index contributed by atoms with van der Waals surface area (Å²) in [5, 5.41) is 2.33. The topological polar surface area (TPSA) is 61.5 Å². The molecule has 1 unspecified atom stereocenters. The molecule has 4 heteroatoms. The molecule has 0 fully saturated rings. The summed E-state index contributed by atoms with van der Waals surface area (Å²) in [5.74, 6) is 0.419. The van der Waals surface area contributed by atoms with Gasteiger partial charge in [0.05, 0.1) is 7.11 Å². The molecule has 0 aromatic heterocycles. The Morgan fingerprint density at radius 2 is 2.04 bits per heavy atom. The van der Waals surface area contributed by atoms with E-state index in [0.29, 0.717) is 6.61 Å². The number of esters is 1. The van der Waals surface area contributed by atoms with Gasteiger partial charge in [0.25, 0.3) is 0 Å². The molecule has 4 nitrogen and oxygen atoms in total. The molecule has 2 rings (SSSR count). The van der Waals surface area contributed by atoms with Crippen LogP contribution in [0.2, 0.25) is 0 Å². The van der Waals surface area contributed by atoms with Gasteiger partial charge >= 0.3 is 5.97 Å². The summed E-state index contributed by atoms with van der Waals surface area (Å²) in [6.45, 7) is 2.39. The van der Waals surface area contributed by atoms with Crippen molar-refractivity contribution in [1.29, 1.82) is 0 Å². The molecule has 2 aromatic rings. The lowest BCUT2D eigenvalue weighted by Crippen LogP contribution is -2.22. The summed E-state index contributed by atoms with van der Waals surface area (Å²) in [7, 11) is 1.35. The maximum absolute atomic E-state index is 11.1. The summed E-state index contributed by atoms with van der Waals surface area (Å²) < 4.78 is 10.4. The van der Waals surface area contributed by atoms with Gasteiger partial charge < -0.3 is 15.2 Å². The van der Waals surface area contributed by atoms with Crippen molar-refractivity contribution in [1.82, 2.24) is 0 Å². The van der Waals surface area contributed by atoms with E-state index >= 15 is 0 Å². The normalized spacial score (nSPS) is 12.5. The lowest BCUT2D eigenvalue weighted by atomic mass is 9.97. The van der Waals surface area contributed by atoms with Gasteiger partial charge in [-0.2, -0.15) is 0 Å². The van der Waals surface area contributed by atoms with Crippen LogP contribution in [-0.4, -0.2) is 25.7 Å². The number of nitrogens with two attached hydrogens (primary N) is 1. The van der Waals surface area contributed by atoms with Gasteiger partial charge in [-0.05, 0) is 35.8 Å². The third-order valence-corrected chi connectivity index (χ3v) is 3.78. The first-order valence-corrected chi connectivity index (χ1v) is 7.79. The lowest BCUT2D eigenvalue weighted by molar-refractivity contribution is -0.134. The van der Waals surface area contributed by atoms with Gasteiger partial charge in [0.2, 0.25) is 0 Å². The zero-order valence-corrected chi connectivity index (χ0v) is 13.6. The van der Waals surface area contributed by atoms with Gasteiger partial charge in [0, 0.05) is 17.7 Å². The van der Waals surface area contributed by atoms with Gasteiger partial charge in [-0.3, -0.25) is 0 Å². The maximum Gasteiger partial charge on any atom is 0.330 e. The van der Waals surface area contributed by atoms with Crippen LogP contribution in [0.3, 0.4) is 0 Å². The number of carbonyl (C=O) groups is 1. The first-order chi connectivity index (χ1) is 11.2. The van der Waals surface area contributed by atoms with Crippen LogP contribution in [0.5, 0.6) is 5.75 Å². The molecule has 2 aromatic carbocycles. The molecule has 0 bridgehead atoms. The Bertz CT molecular complexity index is 694. The third kappa shape index (κ3) is 4.57. The minimum absolute atomic E-state index is 0.0915. The average molecular weight is 313 g/mol. The van der Waals surface area contributed by atoms with Gasteiger partial charge in [0.15, 0.2) is 0 Å². The van der Waals surface area contributed by atoms with Crippen molar-refractivity contribution in [3.63, 3.8) is 0 Å². The van der Waals surface area contributed by atoms with E-state index in [-0.39, 0.29) is 12.0 Å². The summed E-state index contributed by atoms with van der Waals surface area (Å²) >= 11 is 0. The smallest absolute Gasteiger partial charge is 0.330 e. The Morgan fingerprint density at radius 1 is 1.26 bits per heavy atom. The molecule has 2 N–H and O–H groups in total. The Kier molecular flexibility index (Phi) is 6.18. The fourth-order valence-corrected chi connectivity index (χ4v) is 2.42. The lowest BCUT2D eigenvalue weighted by Gasteiger charge is -2.16. The average Bonchev–Trinajstić information content (AvgIpc) is 2.59. The first-order valence-electron chi connectivity index (χ1n) is 7.79. The van der Waals surface area contributed by atoms with Crippen LogP contribution in [0.25, 0.3) is 10.8 Å². The molecule has 0 amide bonds. The highest BCUT2D eigenvalue weighted by atomic mass is 16.5. The first kappa shape index (κ1) is 17.0. The van der Waals surface area contributed by atoms with Crippen LogP contribution in [0, 0.1) is 0 Å². The zero-order valence-electron chi connectivity index (χ0n) is 13.6. The van der Waals surface area contributed by atoms with Gasteiger partial charge in [0.1, 0.15) is 12.4 Å². The molecule has 0 radical (unpaired) electrons. The van der Waals surface area contributed by atoms with Crippen LogP contribution in [0.15, 0.2) is 48.6 Å². The molecular formula is C19H23NO3. The van der Waals surface area contributed by atoms with E-state index < -0.39 is 0 Å². The number of methoxy groups -OCH3 is 1. The zero-order chi connectivity index (χ0) is 16.7. The highest BCUT2D eigenvalue weighted by Gasteiger charge is 2.11. The second kappa shape index (κ2) is 8.34. The van der Waals surface area contributed by atoms with Gasteiger partial charge in [-0.15, -0.1) is 0 Å². The number of hydrogen-bond donors (Lipinski definition) is 1. The monoisotopic (exact) mass is 313 g/mol. The van der Waals surface area contributed by atoms with E-state index in [2.05, 4.69) is 23.8 Å². The summed E-state index contributed by atoms with van der Waals surface area (Å²) in [6.07, 6.45) is 4.67. The second-order valence-corrected chi connectivity index (χ2v) is 5.37. The van der Waals surface area contributed by atoms with Crippen LogP contribution >= 0.6 is 0 Å². The molecule has 23 heavy (non-hydrogen) atoms. The molecule has 0 saturated heterocycles. The number of hydrogen-bond acceptors (Lipinski definition) is 4. The summed E-state index contributed by atoms with van der Waals surface area (Å²) in [4.78, 5) is 11.1. The molecule has 0 aliphatic rings. The number of fused-ring (bicyclic) bond motifs is 1. The summed E-state index contributed by atoms with van der Waals surface area (Å²) in [5.41, 5.74) is 7.26. The van der Waals surface area contributed by atoms with Crippen molar-refractivity contribution in [2.75, 3.05) is 13.7 Å². The molecule has 0 saturated carbocycles. The predicted molar refractivity (Wildman–Crippen MR) is 92.6 cm³/mol. The standard InChI is InChI=1S/C19H23NO3/c1-3-15(20)13-17-16-8-5-4-7-14(16)10-11-18(17)23-12-6-9-19(21)22-2/h4-11,15H,3,12-13,20H2,1-2H3/b9-6+. The quantitative estimate of drug-likeness (QED) is 0.630. The van der Waals surface area contributed by atoms with Crippen molar-refractivity contribution in [2.45, 2.75) is 25.8 Å². The second-order valence-electron chi connectivity index (χ2n) is 5.37. The minimum atomic E-state index is -0.389. The van der Waals surface area contributed by atoms with Crippen molar-refractivity contribution in [3.05, 3.63) is 54.1 Å². The van der Waals surface area contributed by atoms with E-state index in [1.807, 2.05) is 24.3 Å². The van der Waals surface area contributed by atoms with E-state index in [4.69, 9.17) is 10.5 Å². The van der Waals surface area contributed by atoms with E-state index in [0.717, 1.165) is 29.5 Å². The molecule has 0 aliphatic heterocycles. The number of carbonyl (C=O) groups excluding carboxylic acids is 1. The van der Waals surface area contributed by atoms with Gasteiger partial charge in [-0.25, -0.2) is 4.79 Å². The van der Waals surface area contributed by atoms with Crippen LogP contribution < -0.4 is 10.5 Å². The number of rotatable bonds is 7. The number of benzene rings is 2. The Labute approximate surface area is 136 Å². The molecular weight excluding hydrogens is 290 g/mol. The molecule has 1 atom stereocenters. The molecule has 0 aliphatic carbocycles. The minimum Gasteiger partial charge on any atom is -0.489 e. The maximum atomic E-state index is 11.1. The fraction of sp³-hybridized carbons (Fsp3) is 0.316. The van der Waals surface area contributed by atoms with Crippen molar-refractivity contribution in [2.24, 2.45) is 5.73 Å². The molecule has 122 valence electrons. The van der Waals surface area contributed by atoms with Gasteiger partial charge in [-0.1, -0.05) is 37.3 Å². The van der Waals surface area contributed by atoms with E-state index in [1.165, 1.54) is 18.6 Å². The van der Waals surface area contributed by atoms with E-state index in [1.54, 1.807) is 6.08 Å². The predicted octanol–water partition coefficient (Wildman–Crippen LogP) is 3.23. The van der Waals surface area contributed by atoms with Crippen molar-refractivity contribution >= 4 is 16.7 Å². The fourth-order valence-electron chi connectivity index (χ4n) is 2.42. The largest absolute Gasteiger partial charge is 0.489 e. The van der Waals surface area contributed by atoms with Crippen LogP contribution in [0.1, 0.15) is 18.9 Å². The Morgan fingerprint density at radius 3 is 2.78 bits per heavy atom. The Hall–Kier alpha value is -2.33. The third-order valence-electron chi connectivity index (χ3n) is 3.78. The summed E-state index contributed by atoms with van der Waals surface area (Å²) in [6, 6.07) is 12.3. The molecule has 0 heterocycles. The SMILES string of the molecule is CCC(N)Cc1c(OC/C=C/C(=O)OC)ccc2ccccc12. The van der Waals surface area contributed by atoms with Crippen molar-refractivity contribution < 1.29 is 14.3 Å². The van der Waals surface area contributed by atoms with Crippen LogP contribution in [0.4, 0.5) is 0 Å². The highest BCUT2D eigenvalue weighted by molar-refractivity contribution is 5.87. The highest BCUT2D eigenvalue weighted by Crippen LogP contribution is 2.29. The van der Waals surface area contributed by atoms with E-state index in [9.17, 15) is 4.79 Å². The number of ether oxygens (including phenoxy) is 2. The molecule has 0 spiro atoms. The van der Waals surface area contributed by atoms with Crippen LogP contribution in [-0.2, 0) is 16.0 Å². The van der Waals surface area contributed by atoms with Crippen molar-refractivity contribution in [3.8, 4) is 5.75 Å².